The molecule has 4 heterocycles. The van der Waals surface area contributed by atoms with E-state index in [4.69, 9.17) is 0 Å². The molecule has 4 nitrogen and oxygen atoms in total. The van der Waals surface area contributed by atoms with Crippen LogP contribution in [0.1, 0.15) is 23.8 Å². The molecule has 3 saturated heterocycles. The molecule has 3 fully saturated rings. The molecule has 4 rings (SSSR count). The first-order chi connectivity index (χ1) is 8.29. The molecule has 4 heteroatoms. The van der Waals surface area contributed by atoms with Crippen LogP contribution in [0.3, 0.4) is 0 Å². The van der Waals surface area contributed by atoms with Crippen LogP contribution in [0.2, 0.25) is 0 Å². The average molecular weight is 231 g/mol. The fraction of sp³-hybridized carbons (Fsp3) is 0.538. The Balaban J connectivity index is 1.74. The summed E-state index contributed by atoms with van der Waals surface area (Å²) in [5.74, 6) is 0.0996. The van der Waals surface area contributed by atoms with Gasteiger partial charge in [0.05, 0.1) is 0 Å². The molecule has 0 N–H and O–H groups in total. The average Bonchev–Trinajstić information content (AvgIpc) is 2.39. The molecule has 0 spiro atoms. The van der Waals surface area contributed by atoms with Gasteiger partial charge in [0.2, 0.25) is 0 Å². The van der Waals surface area contributed by atoms with Gasteiger partial charge in [-0.1, -0.05) is 13.0 Å². The van der Waals surface area contributed by atoms with Gasteiger partial charge in [-0.05, 0) is 25.1 Å². The Bertz CT molecular complexity index is 408. The fourth-order valence-corrected chi connectivity index (χ4v) is 2.91. The van der Waals surface area contributed by atoms with Gasteiger partial charge in [-0.3, -0.25) is 14.7 Å². The number of likely N-dealkylation sites (N-methyl/N-ethyl adjacent to an activating group) is 1. The van der Waals surface area contributed by atoms with Gasteiger partial charge in [-0.2, -0.15) is 0 Å². The first-order valence-electron chi connectivity index (χ1n) is 6.25. The zero-order chi connectivity index (χ0) is 11.8. The van der Waals surface area contributed by atoms with E-state index in [-0.39, 0.29) is 5.91 Å². The number of piperidine rings is 1. The normalized spacial score (nSPS) is 27.7. The number of amides is 1. The largest absolute Gasteiger partial charge is 0.329 e. The van der Waals surface area contributed by atoms with E-state index in [0.29, 0.717) is 17.8 Å². The lowest BCUT2D eigenvalue weighted by Crippen LogP contribution is -2.70. The number of nitrogens with zero attached hydrogens (tertiary/aromatic N) is 3. The topological polar surface area (TPSA) is 36.4 Å². The van der Waals surface area contributed by atoms with Crippen LogP contribution in [0.15, 0.2) is 24.4 Å². The quantitative estimate of drug-likeness (QED) is 0.762. The van der Waals surface area contributed by atoms with E-state index >= 15 is 0 Å². The molecular weight excluding hydrogens is 214 g/mol. The summed E-state index contributed by atoms with van der Waals surface area (Å²) in [4.78, 5) is 20.9. The molecule has 1 amide bonds. The first kappa shape index (κ1) is 10.7. The Kier molecular flexibility index (Phi) is 2.59. The third-order valence-corrected chi connectivity index (χ3v) is 3.83. The molecule has 1 aromatic rings. The molecule has 1 aromatic heterocycles. The minimum Gasteiger partial charge on any atom is -0.329 e. The minimum atomic E-state index is 0.0996. The van der Waals surface area contributed by atoms with E-state index in [0.717, 1.165) is 26.1 Å². The number of piperazine rings is 1. The molecule has 3 aliphatic rings. The van der Waals surface area contributed by atoms with Gasteiger partial charge in [-0.15, -0.1) is 0 Å². The minimum absolute atomic E-state index is 0.0996. The number of carbonyl (C=O) groups is 1. The Labute approximate surface area is 101 Å². The maximum Gasteiger partial charge on any atom is 0.273 e. The van der Waals surface area contributed by atoms with Crippen LogP contribution >= 0.6 is 0 Å². The van der Waals surface area contributed by atoms with Crippen LogP contribution < -0.4 is 0 Å². The van der Waals surface area contributed by atoms with Crippen molar-refractivity contribution in [2.75, 3.05) is 19.6 Å². The molecule has 0 saturated carbocycles. The number of hydrogen-bond donors (Lipinski definition) is 0. The maximum atomic E-state index is 12.3. The summed E-state index contributed by atoms with van der Waals surface area (Å²) < 4.78 is 0. The zero-order valence-corrected chi connectivity index (χ0v) is 10.0. The molecule has 90 valence electrons. The number of carbonyl (C=O) groups excluding carboxylic acids is 1. The van der Waals surface area contributed by atoms with Crippen LogP contribution in [0.25, 0.3) is 0 Å². The van der Waals surface area contributed by atoms with E-state index in [9.17, 15) is 4.79 Å². The fourth-order valence-electron chi connectivity index (χ4n) is 2.91. The summed E-state index contributed by atoms with van der Waals surface area (Å²) in [6.45, 7) is 5.30. The second-order valence-electron chi connectivity index (χ2n) is 4.82. The predicted molar refractivity (Wildman–Crippen MR) is 64.7 cm³/mol. The van der Waals surface area contributed by atoms with E-state index in [1.165, 1.54) is 0 Å². The number of pyridine rings is 1. The van der Waals surface area contributed by atoms with E-state index < -0.39 is 0 Å². The molecule has 2 atom stereocenters. The molecule has 2 bridgehead atoms. The summed E-state index contributed by atoms with van der Waals surface area (Å²) in [6.07, 6.45) is 2.84. The second-order valence-corrected chi connectivity index (χ2v) is 4.82. The highest BCUT2D eigenvalue weighted by Gasteiger charge is 2.47. The van der Waals surface area contributed by atoms with Crippen molar-refractivity contribution in [3.05, 3.63) is 30.1 Å². The lowest BCUT2D eigenvalue weighted by molar-refractivity contribution is -0.0462. The summed E-state index contributed by atoms with van der Waals surface area (Å²) >= 11 is 0. The molecular formula is C13H17N3O. The highest BCUT2D eigenvalue weighted by atomic mass is 16.2. The van der Waals surface area contributed by atoms with Crippen molar-refractivity contribution in [1.82, 2.24) is 14.8 Å². The highest BCUT2D eigenvalue weighted by molar-refractivity contribution is 5.93. The van der Waals surface area contributed by atoms with Gasteiger partial charge in [-0.25, -0.2) is 0 Å². The smallest absolute Gasteiger partial charge is 0.273 e. The van der Waals surface area contributed by atoms with Gasteiger partial charge in [0.25, 0.3) is 5.91 Å². The number of hydrogen-bond acceptors (Lipinski definition) is 3. The van der Waals surface area contributed by atoms with Gasteiger partial charge in [0.1, 0.15) is 5.69 Å². The lowest BCUT2D eigenvalue weighted by Gasteiger charge is -2.56. The van der Waals surface area contributed by atoms with Gasteiger partial charge < -0.3 is 4.90 Å². The Hall–Kier alpha value is -1.42. The second kappa shape index (κ2) is 4.11. The van der Waals surface area contributed by atoms with Gasteiger partial charge in [0, 0.05) is 31.4 Å². The van der Waals surface area contributed by atoms with Crippen molar-refractivity contribution >= 4 is 5.91 Å². The van der Waals surface area contributed by atoms with Gasteiger partial charge in [0.15, 0.2) is 0 Å². The van der Waals surface area contributed by atoms with Crippen molar-refractivity contribution in [3.8, 4) is 0 Å². The molecule has 0 aromatic carbocycles. The molecule has 17 heavy (non-hydrogen) atoms. The van der Waals surface area contributed by atoms with E-state index in [1.807, 2.05) is 17.0 Å². The summed E-state index contributed by atoms with van der Waals surface area (Å²) in [7, 11) is 0. The molecule has 3 aliphatic heterocycles. The highest BCUT2D eigenvalue weighted by Crippen LogP contribution is 2.33. The van der Waals surface area contributed by atoms with Crippen LogP contribution in [-0.4, -0.2) is 52.4 Å². The molecule has 2 unspecified atom stereocenters. The predicted octanol–water partition coefficient (Wildman–Crippen LogP) is 1.00. The third-order valence-electron chi connectivity index (χ3n) is 3.83. The Morgan fingerprint density at radius 2 is 2.18 bits per heavy atom. The maximum absolute atomic E-state index is 12.3. The van der Waals surface area contributed by atoms with Crippen molar-refractivity contribution < 1.29 is 4.79 Å². The monoisotopic (exact) mass is 231 g/mol. The first-order valence-corrected chi connectivity index (χ1v) is 6.25. The number of rotatable bonds is 2. The SMILES string of the molecule is CCN1CC2CC(C1)N2C(=O)c1ccccn1. The van der Waals surface area contributed by atoms with E-state index in [2.05, 4.69) is 16.8 Å². The molecule has 0 radical (unpaired) electrons. The summed E-state index contributed by atoms with van der Waals surface area (Å²) in [5.41, 5.74) is 0.576. The Morgan fingerprint density at radius 3 is 2.76 bits per heavy atom. The third kappa shape index (κ3) is 1.72. The standard InChI is InChI=1S/C13H17N3O/c1-2-15-8-10-7-11(9-15)16(10)13(17)12-5-3-4-6-14-12/h3-6,10-11H,2,7-9H2,1H3. The van der Waals surface area contributed by atoms with Crippen LogP contribution in [-0.2, 0) is 0 Å². The number of aromatic nitrogens is 1. The summed E-state index contributed by atoms with van der Waals surface area (Å²) in [6, 6.07) is 6.32. The van der Waals surface area contributed by atoms with E-state index in [1.54, 1.807) is 12.3 Å². The van der Waals surface area contributed by atoms with Crippen molar-refractivity contribution in [2.24, 2.45) is 0 Å². The van der Waals surface area contributed by atoms with Gasteiger partial charge >= 0.3 is 0 Å². The van der Waals surface area contributed by atoms with Crippen LogP contribution in [0, 0.1) is 0 Å². The van der Waals surface area contributed by atoms with Crippen LogP contribution in [0.4, 0.5) is 0 Å². The van der Waals surface area contributed by atoms with Crippen molar-refractivity contribution in [2.45, 2.75) is 25.4 Å². The Morgan fingerprint density at radius 1 is 1.41 bits per heavy atom. The molecule has 0 aliphatic carbocycles. The van der Waals surface area contributed by atoms with Crippen LogP contribution in [0.5, 0.6) is 0 Å². The lowest BCUT2D eigenvalue weighted by atomic mass is 9.87. The summed E-state index contributed by atoms with van der Waals surface area (Å²) in [5, 5.41) is 0. The number of fused-ring (bicyclic) bond motifs is 2. The zero-order valence-electron chi connectivity index (χ0n) is 10.0. The van der Waals surface area contributed by atoms with Crippen molar-refractivity contribution in [1.29, 1.82) is 0 Å². The van der Waals surface area contributed by atoms with Crippen molar-refractivity contribution in [3.63, 3.8) is 0 Å².